The van der Waals surface area contributed by atoms with Gasteiger partial charge in [-0.15, -0.1) is 0 Å². The van der Waals surface area contributed by atoms with E-state index in [0.717, 1.165) is 0 Å². The molecule has 0 bridgehead atoms. The Labute approximate surface area is 127 Å². The van der Waals surface area contributed by atoms with Gasteiger partial charge in [-0.05, 0) is 24.1 Å². The summed E-state index contributed by atoms with van der Waals surface area (Å²) >= 11 is 0. The maximum Gasteiger partial charge on any atom is 0.326 e. The van der Waals surface area contributed by atoms with Crippen molar-refractivity contribution in [1.29, 1.82) is 0 Å². The second-order valence-corrected chi connectivity index (χ2v) is 4.89. The summed E-state index contributed by atoms with van der Waals surface area (Å²) < 4.78 is 12.9. The first kappa shape index (κ1) is 17.6. The van der Waals surface area contributed by atoms with Gasteiger partial charge in [0.25, 0.3) is 0 Å². The van der Waals surface area contributed by atoms with E-state index in [1.54, 1.807) is 6.92 Å². The molecule has 3 N–H and O–H groups in total. The van der Waals surface area contributed by atoms with Gasteiger partial charge in [-0.25, -0.2) is 9.18 Å². The molecular weight excluding hydrogens is 291 g/mol. The van der Waals surface area contributed by atoms with Crippen LogP contribution in [0.25, 0.3) is 0 Å². The summed E-state index contributed by atoms with van der Waals surface area (Å²) in [5.74, 6) is -2.54. The summed E-state index contributed by atoms with van der Waals surface area (Å²) in [5.41, 5.74) is 0.652. The number of carbonyl (C=O) groups excluding carboxylic acids is 2. The fourth-order valence-electron chi connectivity index (χ4n) is 1.92. The normalized spacial score (nSPS) is 13.0. The molecule has 0 heterocycles. The van der Waals surface area contributed by atoms with Gasteiger partial charge in [-0.3, -0.25) is 9.59 Å². The molecule has 1 aromatic rings. The molecule has 0 fully saturated rings. The molecule has 0 unspecified atom stereocenters. The molecule has 22 heavy (non-hydrogen) atoms. The summed E-state index contributed by atoms with van der Waals surface area (Å²) in [7, 11) is 0. The lowest BCUT2D eigenvalue weighted by molar-refractivity contribution is -0.142. The van der Waals surface area contributed by atoms with Crippen LogP contribution >= 0.6 is 0 Å². The molecule has 0 aliphatic carbocycles. The number of benzene rings is 1. The summed E-state index contributed by atoms with van der Waals surface area (Å²) in [6, 6.07) is 3.58. The van der Waals surface area contributed by atoms with E-state index in [9.17, 15) is 18.8 Å². The minimum Gasteiger partial charge on any atom is -0.480 e. The van der Waals surface area contributed by atoms with Crippen LogP contribution in [0.4, 0.5) is 4.39 Å². The molecule has 1 rings (SSSR count). The van der Waals surface area contributed by atoms with E-state index in [-0.39, 0.29) is 12.8 Å². The predicted molar refractivity (Wildman–Crippen MR) is 77.6 cm³/mol. The number of carbonyl (C=O) groups is 3. The Morgan fingerprint density at radius 2 is 1.73 bits per heavy atom. The van der Waals surface area contributed by atoms with Gasteiger partial charge in [0, 0.05) is 13.3 Å². The highest BCUT2D eigenvalue weighted by molar-refractivity contribution is 5.90. The van der Waals surface area contributed by atoms with Crippen LogP contribution < -0.4 is 10.6 Å². The highest BCUT2D eigenvalue weighted by Gasteiger charge is 2.25. The number of rotatable bonds is 7. The van der Waals surface area contributed by atoms with Crippen molar-refractivity contribution in [2.45, 2.75) is 38.8 Å². The maximum absolute atomic E-state index is 12.9. The molecule has 120 valence electrons. The molecule has 7 heteroatoms. The van der Waals surface area contributed by atoms with Crippen LogP contribution in [-0.2, 0) is 20.8 Å². The van der Waals surface area contributed by atoms with Gasteiger partial charge in [0.2, 0.25) is 11.8 Å². The Morgan fingerprint density at radius 1 is 1.14 bits per heavy atom. The van der Waals surface area contributed by atoms with Gasteiger partial charge in [0.1, 0.15) is 17.9 Å². The Balaban J connectivity index is 2.82. The summed E-state index contributed by atoms with van der Waals surface area (Å²) in [5, 5.41) is 13.8. The lowest BCUT2D eigenvalue weighted by Crippen LogP contribution is -2.51. The number of carboxylic acids is 1. The molecule has 0 aliphatic rings. The van der Waals surface area contributed by atoms with Crippen LogP contribution in [0.3, 0.4) is 0 Å². The molecule has 1 aromatic carbocycles. The number of carboxylic acid groups (broad SMARTS) is 1. The SMILES string of the molecule is CC[C@@H](NC(=O)[C@@H](Cc1ccc(F)cc1)NC(C)=O)C(=O)O. The molecule has 0 saturated heterocycles. The van der Waals surface area contributed by atoms with Crippen LogP contribution in [-0.4, -0.2) is 35.0 Å². The third-order valence-electron chi connectivity index (χ3n) is 3.07. The molecular formula is C15H19FN2O4. The van der Waals surface area contributed by atoms with Gasteiger partial charge in [-0.2, -0.15) is 0 Å². The van der Waals surface area contributed by atoms with Gasteiger partial charge in [0.05, 0.1) is 0 Å². The molecule has 6 nitrogen and oxygen atoms in total. The Morgan fingerprint density at radius 3 is 2.18 bits per heavy atom. The van der Waals surface area contributed by atoms with Crippen molar-refractivity contribution >= 4 is 17.8 Å². The maximum atomic E-state index is 12.9. The molecule has 2 amide bonds. The monoisotopic (exact) mass is 310 g/mol. The van der Waals surface area contributed by atoms with E-state index in [1.807, 2.05) is 0 Å². The topological polar surface area (TPSA) is 95.5 Å². The Kier molecular flexibility index (Phi) is 6.49. The minimum absolute atomic E-state index is 0.141. The lowest BCUT2D eigenvalue weighted by Gasteiger charge is -2.20. The standard InChI is InChI=1S/C15H19FN2O4/c1-3-12(15(21)22)18-14(20)13(17-9(2)19)8-10-4-6-11(16)7-5-10/h4-7,12-13H,3,8H2,1-2H3,(H,17,19)(H,18,20)(H,21,22)/t12-,13-/m1/s1. The highest BCUT2D eigenvalue weighted by Crippen LogP contribution is 2.07. The first-order valence-electron chi connectivity index (χ1n) is 6.88. The van der Waals surface area contributed by atoms with Crippen molar-refractivity contribution in [2.24, 2.45) is 0 Å². The van der Waals surface area contributed by atoms with Gasteiger partial charge in [-0.1, -0.05) is 19.1 Å². The fraction of sp³-hybridized carbons (Fsp3) is 0.400. The molecule has 2 atom stereocenters. The van der Waals surface area contributed by atoms with Crippen LogP contribution in [0.5, 0.6) is 0 Å². The largest absolute Gasteiger partial charge is 0.480 e. The Bertz CT molecular complexity index is 545. The van der Waals surface area contributed by atoms with E-state index in [4.69, 9.17) is 5.11 Å². The number of amides is 2. The average Bonchev–Trinajstić information content (AvgIpc) is 2.45. The number of hydrogen-bond donors (Lipinski definition) is 3. The van der Waals surface area contributed by atoms with Gasteiger partial charge >= 0.3 is 5.97 Å². The van der Waals surface area contributed by atoms with E-state index >= 15 is 0 Å². The average molecular weight is 310 g/mol. The van der Waals surface area contributed by atoms with Crippen molar-refractivity contribution in [3.05, 3.63) is 35.6 Å². The minimum atomic E-state index is -1.14. The fourth-order valence-corrected chi connectivity index (χ4v) is 1.92. The molecule has 0 radical (unpaired) electrons. The zero-order valence-electron chi connectivity index (χ0n) is 12.4. The van der Waals surface area contributed by atoms with E-state index in [1.165, 1.54) is 31.2 Å². The first-order chi connectivity index (χ1) is 10.3. The van der Waals surface area contributed by atoms with Gasteiger partial charge < -0.3 is 15.7 Å². The van der Waals surface area contributed by atoms with E-state index in [2.05, 4.69) is 10.6 Å². The number of aliphatic carboxylic acids is 1. The van der Waals surface area contributed by atoms with Gasteiger partial charge in [0.15, 0.2) is 0 Å². The number of hydrogen-bond acceptors (Lipinski definition) is 3. The number of halogens is 1. The highest BCUT2D eigenvalue weighted by atomic mass is 19.1. The van der Waals surface area contributed by atoms with Crippen molar-refractivity contribution in [2.75, 3.05) is 0 Å². The van der Waals surface area contributed by atoms with Crippen LogP contribution in [0, 0.1) is 5.82 Å². The number of nitrogens with one attached hydrogen (secondary N) is 2. The second-order valence-electron chi connectivity index (χ2n) is 4.89. The van der Waals surface area contributed by atoms with Crippen molar-refractivity contribution in [1.82, 2.24) is 10.6 Å². The molecule has 0 spiro atoms. The van der Waals surface area contributed by atoms with E-state index in [0.29, 0.717) is 5.56 Å². The second kappa shape index (κ2) is 8.11. The predicted octanol–water partition coefficient (Wildman–Crippen LogP) is 0.852. The third-order valence-corrected chi connectivity index (χ3v) is 3.07. The summed E-state index contributed by atoms with van der Waals surface area (Å²) in [4.78, 5) is 34.3. The van der Waals surface area contributed by atoms with Crippen molar-refractivity contribution < 1.29 is 23.9 Å². The first-order valence-corrected chi connectivity index (χ1v) is 6.88. The smallest absolute Gasteiger partial charge is 0.326 e. The van der Waals surface area contributed by atoms with Crippen LogP contribution in [0.1, 0.15) is 25.8 Å². The molecule has 0 aliphatic heterocycles. The van der Waals surface area contributed by atoms with Crippen molar-refractivity contribution in [3.8, 4) is 0 Å². The zero-order valence-corrected chi connectivity index (χ0v) is 12.4. The summed E-state index contributed by atoms with van der Waals surface area (Å²) in [6.07, 6.45) is 0.367. The van der Waals surface area contributed by atoms with E-state index < -0.39 is 35.7 Å². The molecule has 0 saturated carbocycles. The lowest BCUT2D eigenvalue weighted by atomic mass is 10.0. The van der Waals surface area contributed by atoms with Crippen LogP contribution in [0.15, 0.2) is 24.3 Å². The van der Waals surface area contributed by atoms with Crippen LogP contribution in [0.2, 0.25) is 0 Å². The zero-order chi connectivity index (χ0) is 16.7. The Hall–Kier alpha value is -2.44. The van der Waals surface area contributed by atoms with Crippen molar-refractivity contribution in [3.63, 3.8) is 0 Å². The third kappa shape index (κ3) is 5.51. The molecule has 0 aromatic heterocycles. The quantitative estimate of drug-likeness (QED) is 0.696. The summed E-state index contributed by atoms with van der Waals surface area (Å²) in [6.45, 7) is 2.89.